The van der Waals surface area contributed by atoms with Crippen molar-refractivity contribution in [3.05, 3.63) is 15.9 Å². The van der Waals surface area contributed by atoms with Gasteiger partial charge < -0.3 is 9.84 Å². The van der Waals surface area contributed by atoms with Crippen LogP contribution in [0.1, 0.15) is 11.4 Å². The third-order valence-electron chi connectivity index (χ3n) is 1.86. The fraction of sp³-hybridized carbons (Fsp3) is 0.625. The van der Waals surface area contributed by atoms with E-state index in [2.05, 4.69) is 21.0 Å². The molecule has 0 saturated heterocycles. The molecule has 0 fully saturated rings. The van der Waals surface area contributed by atoms with Gasteiger partial charge in [0.25, 0.3) is 0 Å². The van der Waals surface area contributed by atoms with Gasteiger partial charge in [-0.2, -0.15) is 5.10 Å². The lowest BCUT2D eigenvalue weighted by atomic mass is 10.4. The van der Waals surface area contributed by atoms with Crippen molar-refractivity contribution in [3.8, 4) is 0 Å². The molecule has 1 rings (SSSR count). The van der Waals surface area contributed by atoms with E-state index in [1.54, 1.807) is 7.11 Å². The van der Waals surface area contributed by atoms with Gasteiger partial charge in [0.15, 0.2) is 0 Å². The number of hydrogen-bond donors (Lipinski definition) is 1. The Balaban J connectivity index is 2.82. The third-order valence-corrected chi connectivity index (χ3v) is 2.89. The molecule has 0 bridgehead atoms. The molecule has 0 atom stereocenters. The zero-order valence-electron chi connectivity index (χ0n) is 7.75. The van der Waals surface area contributed by atoms with Crippen molar-refractivity contribution in [2.45, 2.75) is 20.1 Å². The van der Waals surface area contributed by atoms with Gasteiger partial charge in [0.1, 0.15) is 5.69 Å². The average molecular weight is 249 g/mol. The van der Waals surface area contributed by atoms with Crippen molar-refractivity contribution in [1.82, 2.24) is 9.78 Å². The molecule has 0 amide bonds. The molecule has 0 unspecified atom stereocenters. The topological polar surface area (TPSA) is 47.3 Å². The minimum atomic E-state index is -0.0403. The van der Waals surface area contributed by atoms with E-state index in [0.717, 1.165) is 10.2 Å². The highest BCUT2D eigenvalue weighted by Gasteiger charge is 2.10. The van der Waals surface area contributed by atoms with Crippen molar-refractivity contribution in [2.24, 2.45) is 0 Å². The van der Waals surface area contributed by atoms with Gasteiger partial charge in [0, 0.05) is 12.8 Å². The van der Waals surface area contributed by atoms with Crippen LogP contribution < -0.4 is 0 Å². The summed E-state index contributed by atoms with van der Waals surface area (Å²) in [6, 6.07) is 0. The zero-order chi connectivity index (χ0) is 9.84. The van der Waals surface area contributed by atoms with Gasteiger partial charge in [-0.05, 0) is 22.9 Å². The van der Waals surface area contributed by atoms with E-state index in [-0.39, 0.29) is 6.61 Å². The number of ether oxygens (including phenoxy) is 1. The first kappa shape index (κ1) is 10.7. The fourth-order valence-corrected chi connectivity index (χ4v) is 1.49. The lowest BCUT2D eigenvalue weighted by molar-refractivity contribution is 0.182. The Morgan fingerprint density at radius 3 is 2.77 bits per heavy atom. The Morgan fingerprint density at radius 1 is 1.62 bits per heavy atom. The van der Waals surface area contributed by atoms with Gasteiger partial charge in [-0.15, -0.1) is 0 Å². The van der Waals surface area contributed by atoms with Crippen LogP contribution in [0.3, 0.4) is 0 Å². The van der Waals surface area contributed by atoms with Crippen molar-refractivity contribution in [2.75, 3.05) is 13.7 Å². The van der Waals surface area contributed by atoms with Gasteiger partial charge in [0.2, 0.25) is 0 Å². The molecular formula is C8H13BrN2O2. The van der Waals surface area contributed by atoms with Crippen LogP contribution in [0.15, 0.2) is 4.47 Å². The monoisotopic (exact) mass is 248 g/mol. The maximum absolute atomic E-state index is 8.94. The number of rotatable bonds is 4. The number of methoxy groups -OCH3 is 1. The predicted octanol–water partition coefficient (Wildman–Crippen LogP) is 1.09. The molecule has 0 aromatic carbocycles. The van der Waals surface area contributed by atoms with Gasteiger partial charge in [-0.25, -0.2) is 0 Å². The molecule has 74 valence electrons. The molecule has 0 aliphatic rings. The van der Waals surface area contributed by atoms with Gasteiger partial charge in [0.05, 0.1) is 24.2 Å². The maximum atomic E-state index is 8.94. The molecule has 0 aliphatic carbocycles. The van der Waals surface area contributed by atoms with E-state index in [1.165, 1.54) is 0 Å². The lowest BCUT2D eigenvalue weighted by Crippen LogP contribution is -2.07. The number of hydrogen-bond acceptors (Lipinski definition) is 3. The van der Waals surface area contributed by atoms with Crippen LogP contribution >= 0.6 is 15.9 Å². The molecular weight excluding hydrogens is 236 g/mol. The molecule has 1 heterocycles. The van der Waals surface area contributed by atoms with E-state index >= 15 is 0 Å². The van der Waals surface area contributed by atoms with Crippen molar-refractivity contribution < 1.29 is 9.84 Å². The smallest absolute Gasteiger partial charge is 0.102 e. The highest BCUT2D eigenvalue weighted by Crippen LogP contribution is 2.20. The summed E-state index contributed by atoms with van der Waals surface area (Å²) >= 11 is 3.37. The molecule has 0 radical (unpaired) electrons. The predicted molar refractivity (Wildman–Crippen MR) is 52.5 cm³/mol. The highest BCUT2D eigenvalue weighted by molar-refractivity contribution is 9.10. The van der Waals surface area contributed by atoms with E-state index in [0.29, 0.717) is 18.8 Å². The second-order valence-electron chi connectivity index (χ2n) is 2.72. The van der Waals surface area contributed by atoms with Crippen LogP contribution in [-0.4, -0.2) is 28.6 Å². The SMILES string of the molecule is COCCn1nc(CO)c(Br)c1C. The Labute approximate surface area is 85.6 Å². The third kappa shape index (κ3) is 2.30. The summed E-state index contributed by atoms with van der Waals surface area (Å²) in [6.45, 7) is 3.24. The number of aromatic nitrogens is 2. The number of aliphatic hydroxyl groups excluding tert-OH is 1. The van der Waals surface area contributed by atoms with Gasteiger partial charge >= 0.3 is 0 Å². The summed E-state index contributed by atoms with van der Waals surface area (Å²) in [5.74, 6) is 0. The Morgan fingerprint density at radius 2 is 2.31 bits per heavy atom. The van der Waals surface area contributed by atoms with E-state index < -0.39 is 0 Å². The van der Waals surface area contributed by atoms with Crippen LogP contribution in [0.4, 0.5) is 0 Å². The van der Waals surface area contributed by atoms with Crippen molar-refractivity contribution in [3.63, 3.8) is 0 Å². The van der Waals surface area contributed by atoms with Crippen LogP contribution in [0, 0.1) is 6.92 Å². The average Bonchev–Trinajstić information content (AvgIpc) is 2.41. The quantitative estimate of drug-likeness (QED) is 0.868. The van der Waals surface area contributed by atoms with E-state index in [1.807, 2.05) is 11.6 Å². The molecule has 4 nitrogen and oxygen atoms in total. The first-order valence-corrected chi connectivity index (χ1v) is 4.81. The Bertz CT molecular complexity index is 286. The highest BCUT2D eigenvalue weighted by atomic mass is 79.9. The molecule has 1 N–H and O–H groups in total. The molecule has 13 heavy (non-hydrogen) atoms. The molecule has 0 aliphatic heterocycles. The van der Waals surface area contributed by atoms with Crippen LogP contribution in [0.2, 0.25) is 0 Å². The summed E-state index contributed by atoms with van der Waals surface area (Å²) in [4.78, 5) is 0. The second-order valence-corrected chi connectivity index (χ2v) is 3.51. The van der Waals surface area contributed by atoms with Crippen LogP contribution in [0.5, 0.6) is 0 Å². The summed E-state index contributed by atoms with van der Waals surface area (Å²) in [7, 11) is 1.65. The molecule has 0 saturated carbocycles. The summed E-state index contributed by atoms with van der Waals surface area (Å²) in [5.41, 5.74) is 1.69. The Hall–Kier alpha value is -0.390. The first-order chi connectivity index (χ1) is 6.20. The number of aliphatic hydroxyl groups is 1. The van der Waals surface area contributed by atoms with Crippen molar-refractivity contribution in [1.29, 1.82) is 0 Å². The van der Waals surface area contributed by atoms with E-state index in [4.69, 9.17) is 9.84 Å². The van der Waals surface area contributed by atoms with Crippen molar-refractivity contribution >= 4 is 15.9 Å². The summed E-state index contributed by atoms with van der Waals surface area (Å²) in [6.07, 6.45) is 0. The summed E-state index contributed by atoms with van der Waals surface area (Å²) in [5, 5.41) is 13.1. The van der Waals surface area contributed by atoms with Crippen LogP contribution in [-0.2, 0) is 17.9 Å². The van der Waals surface area contributed by atoms with Crippen LogP contribution in [0.25, 0.3) is 0 Å². The largest absolute Gasteiger partial charge is 0.390 e. The minimum Gasteiger partial charge on any atom is -0.390 e. The van der Waals surface area contributed by atoms with Gasteiger partial charge in [-0.1, -0.05) is 0 Å². The Kier molecular flexibility index (Phi) is 3.90. The number of nitrogens with zero attached hydrogens (tertiary/aromatic N) is 2. The standard InChI is InChI=1S/C8H13BrN2O2/c1-6-8(9)7(5-12)10-11(6)3-4-13-2/h12H,3-5H2,1-2H3. The molecule has 5 heteroatoms. The fourth-order valence-electron chi connectivity index (χ4n) is 1.08. The normalized spacial score (nSPS) is 10.8. The molecule has 1 aromatic heterocycles. The second kappa shape index (κ2) is 4.74. The molecule has 1 aromatic rings. The zero-order valence-corrected chi connectivity index (χ0v) is 9.34. The van der Waals surface area contributed by atoms with Gasteiger partial charge in [-0.3, -0.25) is 4.68 Å². The number of halogens is 1. The van der Waals surface area contributed by atoms with E-state index in [9.17, 15) is 0 Å². The first-order valence-electron chi connectivity index (χ1n) is 4.02. The minimum absolute atomic E-state index is 0.0403. The lowest BCUT2D eigenvalue weighted by Gasteiger charge is -2.02. The summed E-state index contributed by atoms with van der Waals surface area (Å²) < 4.78 is 7.64. The maximum Gasteiger partial charge on any atom is 0.102 e. The molecule has 0 spiro atoms.